The molecule has 31 heavy (non-hydrogen) atoms. The van der Waals surface area contributed by atoms with Crippen LogP contribution in [0.3, 0.4) is 0 Å². The molecule has 1 atom stereocenters. The van der Waals surface area contributed by atoms with Crippen molar-refractivity contribution in [3.8, 4) is 0 Å². The number of hydrogen-bond donors (Lipinski definition) is 3. The summed E-state index contributed by atoms with van der Waals surface area (Å²) in [5.74, 6) is 0.0496. The Bertz CT molecular complexity index is 1140. The summed E-state index contributed by atoms with van der Waals surface area (Å²) in [5.41, 5.74) is 0.846. The number of benzene rings is 1. The number of carbonyl (C=O) groups is 2. The van der Waals surface area contributed by atoms with Gasteiger partial charge in [-0.2, -0.15) is 0 Å². The molecular weight excluding hydrogens is 420 g/mol. The highest BCUT2D eigenvalue weighted by molar-refractivity contribution is 7.22. The Balaban J connectivity index is 1.72. The van der Waals surface area contributed by atoms with Crippen molar-refractivity contribution in [3.63, 3.8) is 0 Å². The Kier molecular flexibility index (Phi) is 6.91. The number of carbonyl (C=O) groups excluding carboxylic acids is 2. The van der Waals surface area contributed by atoms with Crippen LogP contribution in [0, 0.1) is 6.92 Å². The van der Waals surface area contributed by atoms with E-state index in [-0.39, 0.29) is 24.6 Å². The first-order valence-corrected chi connectivity index (χ1v) is 10.5. The van der Waals surface area contributed by atoms with Gasteiger partial charge in [0.1, 0.15) is 27.9 Å². The summed E-state index contributed by atoms with van der Waals surface area (Å²) in [6.07, 6.45) is -0.657. The molecule has 10 heteroatoms. The molecule has 2 aromatic heterocycles. The number of ether oxygens (including phenoxy) is 1. The van der Waals surface area contributed by atoms with Crippen molar-refractivity contribution in [1.82, 2.24) is 15.6 Å². The normalized spacial score (nSPS) is 11.9. The third-order valence-corrected chi connectivity index (χ3v) is 5.41. The Morgan fingerprint density at radius 2 is 1.87 bits per heavy atom. The molecule has 1 aromatic carbocycles. The van der Waals surface area contributed by atoms with Gasteiger partial charge in [0.05, 0.1) is 0 Å². The summed E-state index contributed by atoms with van der Waals surface area (Å²) in [6.45, 7) is 7.16. The topological polar surface area (TPSA) is 123 Å². The molecule has 0 aliphatic rings. The molecule has 3 amide bonds. The lowest BCUT2D eigenvalue weighted by atomic mass is 10.2. The first-order chi connectivity index (χ1) is 14.7. The summed E-state index contributed by atoms with van der Waals surface area (Å²) >= 11 is 1.16. The maximum Gasteiger partial charge on any atom is 0.408 e. The van der Waals surface area contributed by atoms with Gasteiger partial charge in [-0.25, -0.2) is 19.4 Å². The van der Waals surface area contributed by atoms with E-state index in [1.54, 1.807) is 13.8 Å². The Morgan fingerprint density at radius 1 is 1.16 bits per heavy atom. The van der Waals surface area contributed by atoms with Crippen LogP contribution in [0.1, 0.15) is 43.8 Å². The molecule has 0 radical (unpaired) electrons. The van der Waals surface area contributed by atoms with Crippen LogP contribution in [-0.2, 0) is 11.3 Å². The summed E-state index contributed by atoms with van der Waals surface area (Å²) < 4.78 is 10.5. The summed E-state index contributed by atoms with van der Waals surface area (Å²) in [7, 11) is 0. The maximum atomic E-state index is 12.5. The number of nitrogens with one attached hydrogen (secondary N) is 3. The fraction of sp³-hybridized carbons (Fsp3) is 0.333. The predicted octanol–water partition coefficient (Wildman–Crippen LogP) is 4.08. The van der Waals surface area contributed by atoms with Crippen molar-refractivity contribution >= 4 is 38.7 Å². The van der Waals surface area contributed by atoms with Crippen molar-refractivity contribution in [3.05, 3.63) is 57.8 Å². The third-order valence-electron chi connectivity index (χ3n) is 4.31. The zero-order valence-corrected chi connectivity index (χ0v) is 18.5. The number of amides is 3. The Hall–Kier alpha value is -3.40. The molecule has 0 unspecified atom stereocenters. The average molecular weight is 445 g/mol. The largest absolute Gasteiger partial charge is 0.445 e. The van der Waals surface area contributed by atoms with Crippen molar-refractivity contribution in [2.75, 3.05) is 5.32 Å². The van der Waals surface area contributed by atoms with Gasteiger partial charge in [0.2, 0.25) is 5.89 Å². The van der Waals surface area contributed by atoms with Crippen LogP contribution in [0.15, 0.2) is 39.5 Å². The SMILES string of the molecule is Cc1c(NC(=O)NC(C)C)sc2nc([C@H](C)NC(=O)OCc3ccccc3)oc(=O)c12. The summed E-state index contributed by atoms with van der Waals surface area (Å²) in [4.78, 5) is 41.4. The molecule has 0 aliphatic carbocycles. The van der Waals surface area contributed by atoms with Crippen LogP contribution in [0.2, 0.25) is 0 Å². The number of rotatable bonds is 6. The minimum absolute atomic E-state index is 0.0296. The van der Waals surface area contributed by atoms with Gasteiger partial charge in [0.15, 0.2) is 0 Å². The van der Waals surface area contributed by atoms with E-state index in [2.05, 4.69) is 20.9 Å². The van der Waals surface area contributed by atoms with Crippen LogP contribution >= 0.6 is 11.3 Å². The first kappa shape index (κ1) is 22.3. The number of aryl methyl sites for hydroxylation is 1. The molecule has 0 saturated heterocycles. The van der Waals surface area contributed by atoms with Gasteiger partial charge < -0.3 is 19.8 Å². The number of aromatic nitrogens is 1. The second kappa shape index (κ2) is 9.61. The second-order valence-electron chi connectivity index (χ2n) is 7.26. The average Bonchev–Trinajstić information content (AvgIpc) is 3.02. The van der Waals surface area contributed by atoms with E-state index in [4.69, 9.17) is 9.15 Å². The highest BCUT2D eigenvalue weighted by Gasteiger charge is 2.21. The van der Waals surface area contributed by atoms with Gasteiger partial charge in [-0.15, -0.1) is 0 Å². The monoisotopic (exact) mass is 444 g/mol. The quantitative estimate of drug-likeness (QED) is 0.527. The minimum Gasteiger partial charge on any atom is -0.445 e. The van der Waals surface area contributed by atoms with E-state index in [1.807, 2.05) is 44.2 Å². The summed E-state index contributed by atoms with van der Waals surface area (Å²) in [6, 6.07) is 8.18. The fourth-order valence-electron chi connectivity index (χ4n) is 2.80. The second-order valence-corrected chi connectivity index (χ2v) is 8.26. The van der Waals surface area contributed by atoms with Gasteiger partial charge in [0.25, 0.3) is 0 Å². The fourth-order valence-corrected chi connectivity index (χ4v) is 3.86. The molecule has 0 aliphatic heterocycles. The number of urea groups is 1. The molecule has 2 heterocycles. The van der Waals surface area contributed by atoms with E-state index >= 15 is 0 Å². The van der Waals surface area contributed by atoms with Gasteiger partial charge in [0, 0.05) is 11.6 Å². The molecule has 0 saturated carbocycles. The molecule has 3 aromatic rings. The van der Waals surface area contributed by atoms with Gasteiger partial charge in [-0.1, -0.05) is 41.7 Å². The Morgan fingerprint density at radius 3 is 2.55 bits per heavy atom. The van der Waals surface area contributed by atoms with Gasteiger partial charge in [-0.05, 0) is 33.3 Å². The number of fused-ring (bicyclic) bond motifs is 1. The number of alkyl carbamates (subject to hydrolysis) is 1. The standard InChI is InChI=1S/C21H24N4O5S/c1-11(2)22-20(27)25-17-12(3)15-18(31-17)24-16(30-19(15)26)13(4)23-21(28)29-10-14-8-6-5-7-9-14/h5-9,11,13H,10H2,1-4H3,(H,23,28)(H2,22,25,27)/t13-/m0/s1. The molecule has 0 spiro atoms. The van der Waals surface area contributed by atoms with E-state index < -0.39 is 17.8 Å². The van der Waals surface area contributed by atoms with Crippen LogP contribution < -0.4 is 21.6 Å². The molecule has 164 valence electrons. The predicted molar refractivity (Wildman–Crippen MR) is 118 cm³/mol. The zero-order valence-electron chi connectivity index (χ0n) is 17.6. The van der Waals surface area contributed by atoms with Crippen molar-refractivity contribution in [2.45, 2.75) is 46.4 Å². The number of anilines is 1. The molecule has 3 rings (SSSR count). The lowest BCUT2D eigenvalue weighted by Gasteiger charge is -2.12. The van der Waals surface area contributed by atoms with Crippen LogP contribution in [0.5, 0.6) is 0 Å². The smallest absolute Gasteiger partial charge is 0.408 e. The van der Waals surface area contributed by atoms with Crippen LogP contribution in [0.4, 0.5) is 14.6 Å². The zero-order chi connectivity index (χ0) is 22.5. The number of hydrogen-bond acceptors (Lipinski definition) is 7. The Labute approximate surface area is 182 Å². The highest BCUT2D eigenvalue weighted by atomic mass is 32.1. The molecule has 3 N–H and O–H groups in total. The van der Waals surface area contributed by atoms with E-state index in [9.17, 15) is 14.4 Å². The van der Waals surface area contributed by atoms with Crippen molar-refractivity contribution < 1.29 is 18.7 Å². The van der Waals surface area contributed by atoms with Crippen molar-refractivity contribution in [2.24, 2.45) is 0 Å². The van der Waals surface area contributed by atoms with E-state index in [1.165, 1.54) is 0 Å². The van der Waals surface area contributed by atoms with Crippen LogP contribution in [-0.4, -0.2) is 23.2 Å². The molecule has 0 bridgehead atoms. The maximum absolute atomic E-state index is 12.5. The third kappa shape index (κ3) is 5.60. The molecule has 0 fully saturated rings. The number of thiophene rings is 1. The summed E-state index contributed by atoms with van der Waals surface area (Å²) in [5, 5.41) is 8.86. The molecular formula is C21H24N4O5S. The highest BCUT2D eigenvalue weighted by Crippen LogP contribution is 2.32. The van der Waals surface area contributed by atoms with E-state index in [0.29, 0.717) is 20.8 Å². The number of nitrogens with zero attached hydrogens (tertiary/aromatic N) is 1. The first-order valence-electron chi connectivity index (χ1n) is 9.73. The van der Waals surface area contributed by atoms with E-state index in [0.717, 1.165) is 16.9 Å². The van der Waals surface area contributed by atoms with Gasteiger partial charge >= 0.3 is 17.7 Å². The molecule has 9 nitrogen and oxygen atoms in total. The van der Waals surface area contributed by atoms with Gasteiger partial charge in [-0.3, -0.25) is 5.32 Å². The lowest BCUT2D eigenvalue weighted by Crippen LogP contribution is -2.34. The minimum atomic E-state index is -0.691. The van der Waals surface area contributed by atoms with Crippen LogP contribution in [0.25, 0.3) is 10.2 Å². The van der Waals surface area contributed by atoms with Crippen molar-refractivity contribution in [1.29, 1.82) is 0 Å². The lowest BCUT2D eigenvalue weighted by molar-refractivity contribution is 0.134.